The van der Waals surface area contributed by atoms with Gasteiger partial charge in [0.15, 0.2) is 0 Å². The maximum atomic E-state index is 12.6. The van der Waals surface area contributed by atoms with Crippen LogP contribution < -0.4 is 27.7 Å². The van der Waals surface area contributed by atoms with Crippen LogP contribution >= 0.6 is 0 Å². The largest absolute Gasteiger partial charge is 0.508 e. The molecule has 11 heteroatoms. The fraction of sp³-hybridized carbons (Fsp3) is 0.419. The van der Waals surface area contributed by atoms with Crippen molar-refractivity contribution in [2.24, 2.45) is 11.5 Å². The smallest absolute Gasteiger partial charge is 0.269 e. The normalized spacial score (nSPS) is 12.5. The van der Waals surface area contributed by atoms with E-state index >= 15 is 0 Å². The van der Waals surface area contributed by atoms with Crippen LogP contribution in [-0.4, -0.2) is 57.2 Å². The molecule has 0 spiro atoms. The van der Waals surface area contributed by atoms with E-state index in [-0.39, 0.29) is 48.4 Å². The second-order valence-corrected chi connectivity index (χ2v) is 10.9. The average molecular weight is 579 g/mol. The number of carbonyl (C=O) groups excluding carboxylic acids is 2. The lowest BCUT2D eigenvalue weighted by Gasteiger charge is -2.16. The number of H-pyrrole nitrogens is 1. The molecule has 0 bridgehead atoms. The summed E-state index contributed by atoms with van der Waals surface area (Å²) in [5.41, 5.74) is 18.7. The number of nitrogens with one attached hydrogen (secondary N) is 3. The molecule has 0 saturated heterocycles. The highest BCUT2D eigenvalue weighted by molar-refractivity contribution is 5.82. The molecular weight excluding hydrogens is 536 g/mol. The lowest BCUT2D eigenvalue weighted by Crippen LogP contribution is -2.43. The predicted molar refractivity (Wildman–Crippen MR) is 162 cm³/mol. The Morgan fingerprint density at radius 3 is 1.62 bits per heavy atom. The summed E-state index contributed by atoms with van der Waals surface area (Å²) in [7, 11) is 0. The molecule has 226 valence electrons. The van der Waals surface area contributed by atoms with Gasteiger partial charge in [-0.15, -0.1) is 0 Å². The van der Waals surface area contributed by atoms with Crippen LogP contribution in [0.2, 0.25) is 0 Å². The highest BCUT2D eigenvalue weighted by Crippen LogP contribution is 2.23. The number of aromatic nitrogens is 2. The Morgan fingerprint density at radius 1 is 0.786 bits per heavy atom. The van der Waals surface area contributed by atoms with Crippen molar-refractivity contribution in [2.75, 3.05) is 13.1 Å². The van der Waals surface area contributed by atoms with Crippen LogP contribution in [0.4, 0.5) is 0 Å². The number of aryl methyl sites for hydroxylation is 5. The number of hydrogen-bond acceptors (Lipinski definition) is 8. The maximum Gasteiger partial charge on any atom is 0.269 e. The topological polar surface area (TPSA) is 196 Å². The van der Waals surface area contributed by atoms with E-state index in [1.54, 1.807) is 31.2 Å². The van der Waals surface area contributed by atoms with Gasteiger partial charge in [0.05, 0.1) is 17.8 Å². The minimum atomic E-state index is -0.778. The molecule has 3 aromatic rings. The van der Waals surface area contributed by atoms with Crippen molar-refractivity contribution >= 4 is 11.8 Å². The Balaban J connectivity index is 1.48. The molecule has 1 aromatic heterocycles. The molecule has 2 amide bonds. The summed E-state index contributed by atoms with van der Waals surface area (Å²) >= 11 is 0. The van der Waals surface area contributed by atoms with Gasteiger partial charge in [-0.05, 0) is 105 Å². The minimum absolute atomic E-state index is 0.173. The van der Waals surface area contributed by atoms with Crippen molar-refractivity contribution in [2.45, 2.75) is 72.4 Å². The molecule has 0 saturated carbocycles. The lowest BCUT2D eigenvalue weighted by molar-refractivity contribution is -0.123. The van der Waals surface area contributed by atoms with Crippen LogP contribution in [0.25, 0.3) is 0 Å². The second kappa shape index (κ2) is 14.1. The van der Waals surface area contributed by atoms with Crippen molar-refractivity contribution in [3.63, 3.8) is 0 Å². The van der Waals surface area contributed by atoms with Gasteiger partial charge in [-0.2, -0.15) is 0 Å². The number of nitrogens with two attached hydrogens (primary N) is 2. The van der Waals surface area contributed by atoms with Crippen molar-refractivity contribution in [3.05, 3.63) is 85.1 Å². The second-order valence-electron chi connectivity index (χ2n) is 10.9. The van der Waals surface area contributed by atoms with Crippen molar-refractivity contribution in [3.8, 4) is 11.5 Å². The minimum Gasteiger partial charge on any atom is -0.508 e. The van der Waals surface area contributed by atoms with Crippen LogP contribution in [-0.2, 0) is 35.3 Å². The summed E-state index contributed by atoms with van der Waals surface area (Å²) in [4.78, 5) is 45.0. The van der Waals surface area contributed by atoms with E-state index in [0.29, 0.717) is 36.3 Å². The van der Waals surface area contributed by atoms with Gasteiger partial charge in [-0.1, -0.05) is 0 Å². The van der Waals surface area contributed by atoms with Gasteiger partial charge in [0.1, 0.15) is 17.2 Å². The quantitative estimate of drug-likeness (QED) is 0.166. The van der Waals surface area contributed by atoms with Crippen LogP contribution in [0.5, 0.6) is 11.5 Å². The number of aromatic amines is 1. The van der Waals surface area contributed by atoms with Gasteiger partial charge in [0, 0.05) is 31.6 Å². The van der Waals surface area contributed by atoms with E-state index in [1.807, 2.05) is 27.7 Å². The van der Waals surface area contributed by atoms with Gasteiger partial charge in [0.25, 0.3) is 5.56 Å². The molecule has 0 radical (unpaired) electrons. The molecule has 0 unspecified atom stereocenters. The van der Waals surface area contributed by atoms with E-state index in [0.717, 1.165) is 33.4 Å². The molecule has 1 heterocycles. The van der Waals surface area contributed by atoms with E-state index in [2.05, 4.69) is 20.6 Å². The number of phenolic OH excluding ortho intramolecular Hbond substituents is 2. The highest BCUT2D eigenvalue weighted by Gasteiger charge is 2.19. The van der Waals surface area contributed by atoms with Gasteiger partial charge in [-0.3, -0.25) is 19.4 Å². The maximum absolute atomic E-state index is 12.6. The third-order valence-electron chi connectivity index (χ3n) is 7.48. The zero-order valence-electron chi connectivity index (χ0n) is 24.9. The van der Waals surface area contributed by atoms with Gasteiger partial charge < -0.3 is 37.3 Å². The molecular formula is C31H42N6O5. The monoisotopic (exact) mass is 578 g/mol. The summed E-state index contributed by atoms with van der Waals surface area (Å²) in [5, 5.41) is 25.0. The van der Waals surface area contributed by atoms with Crippen molar-refractivity contribution in [1.82, 2.24) is 20.6 Å². The number of hydrogen-bond donors (Lipinski definition) is 7. The number of amides is 2. The fourth-order valence-electron chi connectivity index (χ4n) is 5.12. The molecule has 2 aromatic carbocycles. The van der Waals surface area contributed by atoms with Crippen LogP contribution in [0.3, 0.4) is 0 Å². The molecule has 0 fully saturated rings. The first-order chi connectivity index (χ1) is 19.8. The molecule has 2 atom stereocenters. The van der Waals surface area contributed by atoms with Crippen LogP contribution in [0, 0.1) is 34.6 Å². The van der Waals surface area contributed by atoms with Gasteiger partial charge in [0.2, 0.25) is 11.8 Å². The molecule has 3 rings (SSSR count). The Hall–Kier alpha value is -4.22. The number of nitrogens with zero attached hydrogens (tertiary/aromatic N) is 1. The van der Waals surface area contributed by atoms with Crippen LogP contribution in [0.15, 0.2) is 29.1 Å². The number of rotatable bonds is 12. The fourth-order valence-corrected chi connectivity index (χ4v) is 5.12. The zero-order valence-corrected chi connectivity index (χ0v) is 24.9. The molecule has 11 nitrogen and oxygen atoms in total. The standard InChI is InChI=1S/C31H42N6O5/c1-16-10-21(38)11-17(2)23(16)14-25(32)29(40)34-8-6-27-20(5)36-28(31(42)37-27)7-9-35-30(41)26(33)15-24-18(3)12-22(39)13-19(24)4/h10-13,25-26,38-39H,6-9,14-15,32-33H2,1-5H3,(H,34,40)(H,35,41)(H,37,42)/t25-,26-/m0/s1. The summed E-state index contributed by atoms with van der Waals surface area (Å²) in [5.74, 6) is -0.295. The van der Waals surface area contributed by atoms with E-state index in [1.165, 1.54) is 0 Å². The SMILES string of the molecule is Cc1cc(O)cc(C)c1C[C@H](N)C(=O)NCCc1[nH]c(=O)c(CCNC(=O)[C@@H](N)Cc2c(C)cc(O)cc2C)nc1C. The van der Waals surface area contributed by atoms with Gasteiger partial charge >= 0.3 is 0 Å². The lowest BCUT2D eigenvalue weighted by atomic mass is 9.96. The Bertz CT molecular complexity index is 1470. The first-order valence-electron chi connectivity index (χ1n) is 14.0. The van der Waals surface area contributed by atoms with Crippen molar-refractivity contribution in [1.29, 1.82) is 0 Å². The average Bonchev–Trinajstić information content (AvgIpc) is 2.90. The Morgan fingerprint density at radius 2 is 1.19 bits per heavy atom. The Kier molecular flexibility index (Phi) is 10.8. The van der Waals surface area contributed by atoms with E-state index < -0.39 is 12.1 Å². The molecule has 9 N–H and O–H groups in total. The molecule has 0 aliphatic heterocycles. The summed E-state index contributed by atoms with van der Waals surface area (Å²) < 4.78 is 0. The van der Waals surface area contributed by atoms with Gasteiger partial charge in [-0.25, -0.2) is 0 Å². The van der Waals surface area contributed by atoms with Crippen molar-refractivity contribution < 1.29 is 19.8 Å². The third kappa shape index (κ3) is 8.40. The number of phenols is 2. The predicted octanol–water partition coefficient (Wildman–Crippen LogP) is 1.18. The number of benzene rings is 2. The first-order valence-corrected chi connectivity index (χ1v) is 14.0. The molecule has 42 heavy (non-hydrogen) atoms. The van der Waals surface area contributed by atoms with E-state index in [9.17, 15) is 24.6 Å². The zero-order chi connectivity index (χ0) is 31.1. The first kappa shape index (κ1) is 32.3. The summed E-state index contributed by atoms with van der Waals surface area (Å²) in [6, 6.07) is 5.03. The molecule has 0 aliphatic carbocycles. The summed E-state index contributed by atoms with van der Waals surface area (Å²) in [6.07, 6.45) is 1.26. The molecule has 0 aliphatic rings. The number of aromatic hydroxyl groups is 2. The van der Waals surface area contributed by atoms with E-state index in [4.69, 9.17) is 11.5 Å². The Labute approximate surface area is 245 Å². The van der Waals surface area contributed by atoms with Crippen LogP contribution in [0.1, 0.15) is 50.5 Å². The highest BCUT2D eigenvalue weighted by atomic mass is 16.3. The summed E-state index contributed by atoms with van der Waals surface area (Å²) in [6.45, 7) is 9.70. The third-order valence-corrected chi connectivity index (χ3v) is 7.48. The number of carbonyl (C=O) groups is 2.